The molecule has 0 saturated heterocycles. The van der Waals surface area contributed by atoms with Crippen LogP contribution in [-0.4, -0.2) is 13.0 Å². The van der Waals surface area contributed by atoms with Crippen LogP contribution >= 0.6 is 22.9 Å². The summed E-state index contributed by atoms with van der Waals surface area (Å²) < 4.78 is 6.14. The van der Waals surface area contributed by atoms with Gasteiger partial charge in [0, 0.05) is 21.8 Å². The molecule has 3 nitrogen and oxygen atoms in total. The topological polar surface area (TPSA) is 38.3 Å². The van der Waals surface area contributed by atoms with E-state index in [4.69, 9.17) is 16.3 Å². The van der Waals surface area contributed by atoms with Crippen molar-refractivity contribution < 1.29 is 9.53 Å². The highest BCUT2D eigenvalue weighted by Gasteiger charge is 2.17. The van der Waals surface area contributed by atoms with E-state index < -0.39 is 0 Å². The molecule has 1 N–H and O–H groups in total. The maximum absolute atomic E-state index is 12.4. The summed E-state index contributed by atoms with van der Waals surface area (Å²) in [4.78, 5) is 12.9. The van der Waals surface area contributed by atoms with Crippen LogP contribution in [0.25, 0.3) is 10.1 Å². The molecule has 1 aromatic heterocycles. The molecule has 0 saturated carbocycles. The highest BCUT2D eigenvalue weighted by Crippen LogP contribution is 2.35. The number of carbonyl (C=O) groups excluding carboxylic acids is 1. The third-order valence-corrected chi connectivity index (χ3v) is 4.74. The van der Waals surface area contributed by atoms with Crippen molar-refractivity contribution in [2.75, 3.05) is 12.4 Å². The molecule has 0 spiro atoms. The predicted octanol–water partition coefficient (Wildman–Crippen LogP) is 4.82. The van der Waals surface area contributed by atoms with E-state index >= 15 is 0 Å². The van der Waals surface area contributed by atoms with E-state index in [-0.39, 0.29) is 5.91 Å². The number of fused-ring (bicyclic) bond motifs is 1. The van der Waals surface area contributed by atoms with E-state index in [1.54, 1.807) is 13.2 Å². The Morgan fingerprint density at radius 1 is 1.19 bits per heavy atom. The molecule has 0 fully saturated rings. The number of carbonyl (C=O) groups is 1. The van der Waals surface area contributed by atoms with Gasteiger partial charge in [0.2, 0.25) is 0 Å². The normalized spacial score (nSPS) is 10.6. The van der Waals surface area contributed by atoms with Crippen molar-refractivity contribution in [3.8, 4) is 5.75 Å². The lowest BCUT2D eigenvalue weighted by atomic mass is 10.2. The highest BCUT2D eigenvalue weighted by molar-refractivity contribution is 7.21. The average Bonchev–Trinajstić information content (AvgIpc) is 2.85. The van der Waals surface area contributed by atoms with Crippen molar-refractivity contribution in [2.45, 2.75) is 0 Å². The van der Waals surface area contributed by atoms with Crippen molar-refractivity contribution in [2.24, 2.45) is 0 Å². The van der Waals surface area contributed by atoms with Gasteiger partial charge in [-0.05, 0) is 18.2 Å². The number of methoxy groups -OCH3 is 1. The van der Waals surface area contributed by atoms with Crippen LogP contribution in [0.3, 0.4) is 0 Å². The molecule has 0 radical (unpaired) electrons. The summed E-state index contributed by atoms with van der Waals surface area (Å²) in [5.41, 5.74) is 0.674. The molecule has 0 atom stereocenters. The Hall–Kier alpha value is -2.04. The summed E-state index contributed by atoms with van der Waals surface area (Å²) in [6, 6.07) is 14.9. The van der Waals surface area contributed by atoms with E-state index in [1.807, 2.05) is 42.5 Å². The van der Waals surface area contributed by atoms with Crippen LogP contribution in [0.5, 0.6) is 5.75 Å². The lowest BCUT2D eigenvalue weighted by Crippen LogP contribution is -2.10. The van der Waals surface area contributed by atoms with Crippen LogP contribution in [0.15, 0.2) is 48.5 Å². The standard InChI is InChI=1S/C16H12ClNO2S/c1-20-11-6-4-5-10(9-11)18-16(19)15-14(17)12-7-2-3-8-13(12)21-15/h2-9H,1H3,(H,18,19). The summed E-state index contributed by atoms with van der Waals surface area (Å²) in [5.74, 6) is 0.477. The molecule has 5 heteroatoms. The van der Waals surface area contributed by atoms with E-state index in [0.717, 1.165) is 10.1 Å². The zero-order valence-electron chi connectivity index (χ0n) is 11.2. The third kappa shape index (κ3) is 2.73. The molecule has 0 bridgehead atoms. The second-order valence-electron chi connectivity index (χ2n) is 4.43. The lowest BCUT2D eigenvalue weighted by molar-refractivity contribution is 0.103. The van der Waals surface area contributed by atoms with E-state index in [2.05, 4.69) is 5.32 Å². The molecule has 0 unspecified atom stereocenters. The minimum atomic E-state index is -0.213. The monoisotopic (exact) mass is 317 g/mol. The summed E-state index contributed by atoms with van der Waals surface area (Å²) >= 11 is 7.69. The Bertz CT molecular complexity index is 813. The molecule has 0 aliphatic heterocycles. The minimum absolute atomic E-state index is 0.213. The summed E-state index contributed by atoms with van der Waals surface area (Å²) in [6.07, 6.45) is 0. The van der Waals surface area contributed by atoms with Crippen LogP contribution in [0, 0.1) is 0 Å². The maximum atomic E-state index is 12.4. The third-order valence-electron chi connectivity index (χ3n) is 3.07. The summed E-state index contributed by atoms with van der Waals surface area (Å²) in [7, 11) is 1.59. The van der Waals surface area contributed by atoms with Gasteiger partial charge in [-0.2, -0.15) is 0 Å². The number of halogens is 1. The van der Waals surface area contributed by atoms with Gasteiger partial charge in [-0.1, -0.05) is 35.9 Å². The van der Waals surface area contributed by atoms with Gasteiger partial charge < -0.3 is 10.1 Å². The second-order valence-corrected chi connectivity index (χ2v) is 5.86. The second kappa shape index (κ2) is 5.76. The number of anilines is 1. The molecule has 1 heterocycles. The van der Waals surface area contributed by atoms with Gasteiger partial charge >= 0.3 is 0 Å². The number of ether oxygens (including phenoxy) is 1. The van der Waals surface area contributed by atoms with Gasteiger partial charge in [0.25, 0.3) is 5.91 Å². The molecular formula is C16H12ClNO2S. The molecule has 21 heavy (non-hydrogen) atoms. The van der Waals surface area contributed by atoms with Gasteiger partial charge in [0.05, 0.1) is 12.1 Å². The first kappa shape index (κ1) is 13.9. The Morgan fingerprint density at radius 3 is 2.76 bits per heavy atom. The van der Waals surface area contributed by atoms with Crippen LogP contribution < -0.4 is 10.1 Å². The summed E-state index contributed by atoms with van der Waals surface area (Å²) in [5, 5.41) is 4.24. The molecule has 3 aromatic rings. The molecule has 2 aromatic carbocycles. The number of thiophene rings is 1. The zero-order valence-corrected chi connectivity index (χ0v) is 12.8. The van der Waals surface area contributed by atoms with Gasteiger partial charge in [-0.25, -0.2) is 0 Å². The van der Waals surface area contributed by atoms with E-state index in [1.165, 1.54) is 11.3 Å². The Kier molecular flexibility index (Phi) is 3.82. The first-order valence-corrected chi connectivity index (χ1v) is 7.51. The van der Waals surface area contributed by atoms with Crippen molar-refractivity contribution in [1.29, 1.82) is 0 Å². The van der Waals surface area contributed by atoms with Gasteiger partial charge in [-0.3, -0.25) is 4.79 Å². The number of nitrogens with one attached hydrogen (secondary N) is 1. The number of benzene rings is 2. The number of hydrogen-bond donors (Lipinski definition) is 1. The number of hydrogen-bond acceptors (Lipinski definition) is 3. The van der Waals surface area contributed by atoms with Crippen LogP contribution in [0.2, 0.25) is 5.02 Å². The smallest absolute Gasteiger partial charge is 0.267 e. The SMILES string of the molecule is COc1cccc(NC(=O)c2sc3ccccc3c2Cl)c1. The molecule has 1 amide bonds. The van der Waals surface area contributed by atoms with Crippen LogP contribution in [0.4, 0.5) is 5.69 Å². The van der Waals surface area contributed by atoms with Crippen LogP contribution in [0.1, 0.15) is 9.67 Å². The van der Waals surface area contributed by atoms with Crippen molar-refractivity contribution in [1.82, 2.24) is 0 Å². The molecule has 3 rings (SSSR count). The molecule has 106 valence electrons. The van der Waals surface area contributed by atoms with Gasteiger partial charge in [-0.15, -0.1) is 11.3 Å². The maximum Gasteiger partial charge on any atom is 0.267 e. The number of amides is 1. The largest absolute Gasteiger partial charge is 0.497 e. The Balaban J connectivity index is 1.91. The Labute approximate surface area is 131 Å². The van der Waals surface area contributed by atoms with Crippen molar-refractivity contribution in [3.63, 3.8) is 0 Å². The predicted molar refractivity (Wildman–Crippen MR) is 87.8 cm³/mol. The van der Waals surface area contributed by atoms with Crippen molar-refractivity contribution in [3.05, 3.63) is 58.4 Å². The highest BCUT2D eigenvalue weighted by atomic mass is 35.5. The van der Waals surface area contributed by atoms with Crippen LogP contribution in [-0.2, 0) is 0 Å². The van der Waals surface area contributed by atoms with E-state index in [0.29, 0.717) is 21.3 Å². The quantitative estimate of drug-likeness (QED) is 0.752. The molecular weight excluding hydrogens is 306 g/mol. The first-order chi connectivity index (χ1) is 10.2. The number of rotatable bonds is 3. The first-order valence-electron chi connectivity index (χ1n) is 6.31. The fourth-order valence-corrected chi connectivity index (χ4v) is 3.46. The molecule has 0 aliphatic carbocycles. The van der Waals surface area contributed by atoms with E-state index in [9.17, 15) is 4.79 Å². The summed E-state index contributed by atoms with van der Waals surface area (Å²) in [6.45, 7) is 0. The minimum Gasteiger partial charge on any atom is -0.497 e. The average molecular weight is 318 g/mol. The molecule has 0 aliphatic rings. The van der Waals surface area contributed by atoms with Gasteiger partial charge in [0.15, 0.2) is 0 Å². The zero-order chi connectivity index (χ0) is 14.8. The Morgan fingerprint density at radius 2 is 2.00 bits per heavy atom. The fourth-order valence-electron chi connectivity index (χ4n) is 2.05. The fraction of sp³-hybridized carbons (Fsp3) is 0.0625. The van der Waals surface area contributed by atoms with Crippen molar-refractivity contribution >= 4 is 44.6 Å². The van der Waals surface area contributed by atoms with Gasteiger partial charge in [0.1, 0.15) is 10.6 Å². The lowest BCUT2D eigenvalue weighted by Gasteiger charge is -2.06.